The van der Waals surface area contributed by atoms with Crippen LogP contribution >= 0.6 is 11.6 Å². The number of fused-ring (bicyclic) bond motifs is 1. The first-order chi connectivity index (χ1) is 15.3. The topological polar surface area (TPSA) is 34.0 Å². The van der Waals surface area contributed by atoms with Crippen molar-refractivity contribution in [2.45, 2.75) is 19.1 Å². The van der Waals surface area contributed by atoms with Crippen LogP contribution in [0.3, 0.4) is 0 Å². The number of halogens is 4. The van der Waals surface area contributed by atoms with Crippen LogP contribution in [-0.4, -0.2) is 17.0 Å². The number of aromatic nitrogens is 1. The van der Waals surface area contributed by atoms with Gasteiger partial charge in [0.1, 0.15) is 0 Å². The molecule has 0 spiro atoms. The molecular weight excluding hydrogens is 437 g/mol. The van der Waals surface area contributed by atoms with Gasteiger partial charge in [-0.05, 0) is 47.9 Å². The highest BCUT2D eigenvalue weighted by molar-refractivity contribution is 6.30. The number of nitrogens with one attached hydrogen (secondary N) is 1. The molecular formula is C25H20ClF3N2O. The van der Waals surface area contributed by atoms with Gasteiger partial charge in [0, 0.05) is 35.2 Å². The van der Waals surface area contributed by atoms with Gasteiger partial charge in [-0.2, -0.15) is 13.2 Å². The number of amides is 1. The molecule has 32 heavy (non-hydrogen) atoms. The van der Waals surface area contributed by atoms with Crippen LogP contribution in [0.25, 0.3) is 10.9 Å². The van der Waals surface area contributed by atoms with E-state index in [2.05, 4.69) is 5.32 Å². The molecule has 0 saturated heterocycles. The summed E-state index contributed by atoms with van der Waals surface area (Å²) >= 11 is 5.97. The van der Waals surface area contributed by atoms with Gasteiger partial charge < -0.3 is 9.88 Å². The van der Waals surface area contributed by atoms with E-state index in [4.69, 9.17) is 11.6 Å². The smallest absolute Gasteiger partial charge is 0.352 e. The first-order valence-corrected chi connectivity index (χ1v) is 10.5. The van der Waals surface area contributed by atoms with E-state index >= 15 is 0 Å². The summed E-state index contributed by atoms with van der Waals surface area (Å²) in [6.45, 7) is 0.914. The van der Waals surface area contributed by atoms with Gasteiger partial charge in [-0.1, -0.05) is 54.1 Å². The fourth-order valence-electron chi connectivity index (χ4n) is 3.62. The molecule has 1 heterocycles. The molecule has 0 unspecified atom stereocenters. The number of benzene rings is 3. The molecule has 4 rings (SSSR count). The van der Waals surface area contributed by atoms with Gasteiger partial charge >= 0.3 is 6.18 Å². The van der Waals surface area contributed by atoms with Crippen molar-refractivity contribution in [3.05, 3.63) is 106 Å². The maximum Gasteiger partial charge on any atom is 0.416 e. The number of alkyl halides is 3. The predicted octanol–water partition coefficient (Wildman–Crippen LogP) is 6.33. The van der Waals surface area contributed by atoms with Crippen molar-refractivity contribution < 1.29 is 18.0 Å². The Kier molecular flexibility index (Phi) is 6.24. The van der Waals surface area contributed by atoms with Crippen molar-refractivity contribution in [3.63, 3.8) is 0 Å². The van der Waals surface area contributed by atoms with Crippen molar-refractivity contribution in [2.24, 2.45) is 0 Å². The second-order valence-corrected chi connectivity index (χ2v) is 7.95. The zero-order chi connectivity index (χ0) is 22.7. The van der Waals surface area contributed by atoms with E-state index < -0.39 is 11.7 Å². The lowest BCUT2D eigenvalue weighted by atomic mass is 10.1. The molecule has 1 amide bonds. The van der Waals surface area contributed by atoms with Gasteiger partial charge in [0.2, 0.25) is 0 Å². The summed E-state index contributed by atoms with van der Waals surface area (Å²) in [6.07, 6.45) is -2.09. The molecule has 164 valence electrons. The average molecular weight is 457 g/mol. The lowest BCUT2D eigenvalue weighted by molar-refractivity contribution is -0.137. The molecule has 0 aliphatic rings. The van der Waals surface area contributed by atoms with Gasteiger partial charge in [-0.25, -0.2) is 0 Å². The Labute approximate surface area is 188 Å². The highest BCUT2D eigenvalue weighted by Crippen LogP contribution is 2.29. The zero-order valence-corrected chi connectivity index (χ0v) is 17.8. The summed E-state index contributed by atoms with van der Waals surface area (Å²) in [6, 6.07) is 20.2. The van der Waals surface area contributed by atoms with Crippen molar-refractivity contribution in [3.8, 4) is 0 Å². The van der Waals surface area contributed by atoms with Crippen LogP contribution in [0.15, 0.2) is 79.0 Å². The third kappa shape index (κ3) is 4.97. The molecule has 4 aromatic rings. The largest absolute Gasteiger partial charge is 0.416 e. The second kappa shape index (κ2) is 9.09. The van der Waals surface area contributed by atoms with Gasteiger partial charge in [0.15, 0.2) is 0 Å². The van der Waals surface area contributed by atoms with E-state index in [0.717, 1.165) is 34.2 Å². The van der Waals surface area contributed by atoms with Crippen molar-refractivity contribution in [1.29, 1.82) is 0 Å². The summed E-state index contributed by atoms with van der Waals surface area (Å²) in [7, 11) is 0. The number of para-hydroxylation sites is 1. The molecule has 0 aliphatic heterocycles. The number of hydrogen-bond acceptors (Lipinski definition) is 1. The minimum Gasteiger partial charge on any atom is -0.352 e. The summed E-state index contributed by atoms with van der Waals surface area (Å²) in [5, 5.41) is 4.38. The van der Waals surface area contributed by atoms with E-state index in [1.54, 1.807) is 0 Å². The molecule has 0 aliphatic carbocycles. The Morgan fingerprint density at radius 3 is 2.25 bits per heavy atom. The SMILES string of the molecule is O=C(NCCc1ccc(C(F)(F)F)cc1)c1cn(Cc2ccc(Cl)cc2)c2ccccc12. The summed E-state index contributed by atoms with van der Waals surface area (Å²) in [5.74, 6) is -0.219. The molecule has 1 aromatic heterocycles. The van der Waals surface area contributed by atoms with Crippen LogP contribution in [0.2, 0.25) is 5.02 Å². The second-order valence-electron chi connectivity index (χ2n) is 7.51. The third-order valence-electron chi connectivity index (χ3n) is 5.28. The molecule has 3 aromatic carbocycles. The minimum absolute atomic E-state index is 0.219. The highest BCUT2D eigenvalue weighted by Gasteiger charge is 2.29. The molecule has 0 fully saturated rings. The summed E-state index contributed by atoms with van der Waals surface area (Å²) in [5.41, 5.74) is 2.60. The zero-order valence-electron chi connectivity index (χ0n) is 17.0. The van der Waals surface area contributed by atoms with Crippen molar-refractivity contribution in [1.82, 2.24) is 9.88 Å². The lowest BCUT2D eigenvalue weighted by Crippen LogP contribution is -2.25. The molecule has 0 bridgehead atoms. The number of carbonyl (C=O) groups is 1. The van der Waals surface area contributed by atoms with E-state index in [1.165, 1.54) is 12.1 Å². The number of carbonyl (C=O) groups excluding carboxylic acids is 1. The van der Waals surface area contributed by atoms with E-state index in [0.29, 0.717) is 30.1 Å². The molecule has 3 nitrogen and oxygen atoms in total. The molecule has 0 atom stereocenters. The van der Waals surface area contributed by atoms with Crippen LogP contribution < -0.4 is 5.32 Å². The fraction of sp³-hybridized carbons (Fsp3) is 0.160. The standard InChI is InChI=1S/C25H20ClF3N2O/c26-20-11-7-18(8-12-20)15-31-16-22(21-3-1-2-4-23(21)31)24(32)30-14-13-17-5-9-19(10-6-17)25(27,28)29/h1-12,16H,13-15H2,(H,30,32). The lowest BCUT2D eigenvalue weighted by Gasteiger charge is -2.08. The van der Waals surface area contributed by atoms with E-state index in [9.17, 15) is 18.0 Å². The maximum atomic E-state index is 12.9. The van der Waals surface area contributed by atoms with Crippen LogP contribution in [-0.2, 0) is 19.1 Å². The average Bonchev–Trinajstić information content (AvgIpc) is 3.14. The highest BCUT2D eigenvalue weighted by atomic mass is 35.5. The van der Waals surface area contributed by atoms with Gasteiger partial charge in [-0.15, -0.1) is 0 Å². The van der Waals surface area contributed by atoms with Gasteiger partial charge in [-0.3, -0.25) is 4.79 Å². The molecule has 0 radical (unpaired) electrons. The van der Waals surface area contributed by atoms with Crippen molar-refractivity contribution in [2.75, 3.05) is 6.54 Å². The quantitative estimate of drug-likeness (QED) is 0.361. The fourth-order valence-corrected chi connectivity index (χ4v) is 3.75. The van der Waals surface area contributed by atoms with Gasteiger partial charge in [0.05, 0.1) is 11.1 Å². The normalized spacial score (nSPS) is 11.6. The maximum absolute atomic E-state index is 12.9. The first kappa shape index (κ1) is 22.0. The summed E-state index contributed by atoms with van der Waals surface area (Å²) in [4.78, 5) is 12.9. The minimum atomic E-state index is -4.35. The third-order valence-corrected chi connectivity index (χ3v) is 5.53. The van der Waals surface area contributed by atoms with Crippen LogP contribution in [0.1, 0.15) is 27.0 Å². The van der Waals surface area contributed by atoms with Crippen molar-refractivity contribution >= 4 is 28.4 Å². The summed E-state index contributed by atoms with van der Waals surface area (Å²) < 4.78 is 40.1. The van der Waals surface area contributed by atoms with Crippen LogP contribution in [0, 0.1) is 0 Å². The Balaban J connectivity index is 1.46. The van der Waals surface area contributed by atoms with Crippen LogP contribution in [0.5, 0.6) is 0 Å². The number of rotatable bonds is 6. The first-order valence-electron chi connectivity index (χ1n) is 10.1. The Bertz CT molecular complexity index is 1230. The Morgan fingerprint density at radius 2 is 1.56 bits per heavy atom. The molecule has 7 heteroatoms. The van der Waals surface area contributed by atoms with E-state index in [1.807, 2.05) is 59.3 Å². The number of hydrogen-bond donors (Lipinski definition) is 1. The predicted molar refractivity (Wildman–Crippen MR) is 120 cm³/mol. The van der Waals surface area contributed by atoms with Gasteiger partial charge in [0.25, 0.3) is 5.91 Å². The Morgan fingerprint density at radius 1 is 0.906 bits per heavy atom. The van der Waals surface area contributed by atoms with Crippen LogP contribution in [0.4, 0.5) is 13.2 Å². The number of nitrogens with zero attached hydrogens (tertiary/aromatic N) is 1. The Hall–Kier alpha value is -3.25. The monoisotopic (exact) mass is 456 g/mol. The van der Waals surface area contributed by atoms with E-state index in [-0.39, 0.29) is 5.91 Å². The molecule has 0 saturated carbocycles. The molecule has 1 N–H and O–H groups in total.